The summed E-state index contributed by atoms with van der Waals surface area (Å²) in [5, 5.41) is 11.3. The number of carbonyl (C=O) groups is 2. The van der Waals surface area contributed by atoms with E-state index in [2.05, 4.69) is 0 Å². The first-order valence-corrected chi connectivity index (χ1v) is 7.89. The van der Waals surface area contributed by atoms with Crippen LogP contribution in [0.25, 0.3) is 0 Å². The molecular weight excluding hydrogens is 362 g/mol. The van der Waals surface area contributed by atoms with E-state index in [1.165, 1.54) is 24.3 Å². The van der Waals surface area contributed by atoms with Crippen LogP contribution < -0.4 is 0 Å². The Morgan fingerprint density at radius 3 is 2.12 bits per heavy atom. The van der Waals surface area contributed by atoms with Crippen molar-refractivity contribution < 1.29 is 24.0 Å². The number of esters is 2. The topological polar surface area (TPSA) is 95.7 Å². The molecule has 0 aromatic heterocycles. The first-order valence-electron chi connectivity index (χ1n) is 7.51. The molecule has 0 radical (unpaired) electrons. The van der Waals surface area contributed by atoms with Crippen molar-refractivity contribution in [3.63, 3.8) is 0 Å². The number of hydrogen-bond donors (Lipinski definition) is 0. The molecule has 0 N–H and O–H groups in total. The van der Waals surface area contributed by atoms with Gasteiger partial charge in [0.25, 0.3) is 5.69 Å². The second kappa shape index (κ2) is 7.97. The van der Waals surface area contributed by atoms with E-state index < -0.39 is 22.3 Å². The van der Waals surface area contributed by atoms with Gasteiger partial charge in [-0.05, 0) is 23.3 Å². The first kappa shape index (κ1) is 19.4. The van der Waals surface area contributed by atoms with E-state index in [0.29, 0.717) is 10.6 Å². The van der Waals surface area contributed by atoms with Gasteiger partial charge in [-0.3, -0.25) is 19.7 Å². The summed E-state index contributed by atoms with van der Waals surface area (Å²) in [7, 11) is 2.31. The Hall–Kier alpha value is -2.93. The predicted octanol–water partition coefficient (Wildman–Crippen LogP) is 3.07. The van der Waals surface area contributed by atoms with E-state index in [4.69, 9.17) is 21.1 Å². The third-order valence-corrected chi connectivity index (χ3v) is 4.23. The summed E-state index contributed by atoms with van der Waals surface area (Å²) >= 11 is 5.99. The van der Waals surface area contributed by atoms with Crippen molar-refractivity contribution in [1.29, 1.82) is 0 Å². The molecule has 0 atom stereocenters. The van der Waals surface area contributed by atoms with Crippen molar-refractivity contribution in [2.24, 2.45) is 0 Å². The summed E-state index contributed by atoms with van der Waals surface area (Å²) < 4.78 is 9.73. The molecule has 0 saturated heterocycles. The smallest absolute Gasteiger partial charge is 0.328 e. The molecule has 26 heavy (non-hydrogen) atoms. The molecule has 0 bridgehead atoms. The van der Waals surface area contributed by atoms with Crippen LogP contribution in [0.15, 0.2) is 48.5 Å². The zero-order chi connectivity index (χ0) is 19.3. The molecule has 0 aliphatic carbocycles. The number of methoxy groups -OCH3 is 2. The SMILES string of the molecule is COC(=O)C(Cc1cccc(Cl)c1)(C(=O)OC)c1ccc([N+](=O)[O-])cc1. The molecule has 8 heteroatoms. The number of ether oxygens (including phenoxy) is 2. The number of halogens is 1. The molecule has 2 rings (SSSR count). The van der Waals surface area contributed by atoms with Gasteiger partial charge in [-0.1, -0.05) is 35.9 Å². The van der Waals surface area contributed by atoms with Gasteiger partial charge in [-0.25, -0.2) is 0 Å². The van der Waals surface area contributed by atoms with Gasteiger partial charge in [0.1, 0.15) is 0 Å². The van der Waals surface area contributed by atoms with Gasteiger partial charge in [0.2, 0.25) is 0 Å². The van der Waals surface area contributed by atoms with Crippen LogP contribution >= 0.6 is 11.6 Å². The number of rotatable bonds is 6. The number of benzene rings is 2. The molecule has 0 saturated carbocycles. The maximum absolute atomic E-state index is 12.7. The van der Waals surface area contributed by atoms with E-state index in [1.54, 1.807) is 24.3 Å². The van der Waals surface area contributed by atoms with Crippen molar-refractivity contribution >= 4 is 29.2 Å². The Morgan fingerprint density at radius 2 is 1.65 bits per heavy atom. The maximum Gasteiger partial charge on any atom is 0.328 e. The molecular formula is C18H16ClNO6. The van der Waals surface area contributed by atoms with Crippen molar-refractivity contribution in [3.8, 4) is 0 Å². The average Bonchev–Trinajstić information content (AvgIpc) is 2.65. The highest BCUT2D eigenvalue weighted by Crippen LogP contribution is 2.33. The highest BCUT2D eigenvalue weighted by molar-refractivity contribution is 6.30. The number of nitro groups is 1. The van der Waals surface area contributed by atoms with Crippen LogP contribution in [0.2, 0.25) is 5.02 Å². The van der Waals surface area contributed by atoms with Crippen molar-refractivity contribution in [1.82, 2.24) is 0 Å². The molecule has 7 nitrogen and oxygen atoms in total. The van der Waals surface area contributed by atoms with Crippen LogP contribution in [0.4, 0.5) is 5.69 Å². The Labute approximate surface area is 154 Å². The lowest BCUT2D eigenvalue weighted by molar-refractivity contribution is -0.384. The van der Waals surface area contributed by atoms with E-state index in [1.807, 2.05) is 0 Å². The summed E-state index contributed by atoms with van der Waals surface area (Å²) in [6.07, 6.45) is -0.0787. The van der Waals surface area contributed by atoms with Crippen LogP contribution in [0.3, 0.4) is 0 Å². The number of nitro benzene ring substituents is 1. The zero-order valence-electron chi connectivity index (χ0n) is 14.1. The molecule has 0 unspecified atom stereocenters. The van der Waals surface area contributed by atoms with Gasteiger partial charge in [-0.2, -0.15) is 0 Å². The molecule has 2 aromatic rings. The van der Waals surface area contributed by atoms with Crippen LogP contribution in [0, 0.1) is 10.1 Å². The Morgan fingerprint density at radius 1 is 1.08 bits per heavy atom. The summed E-state index contributed by atoms with van der Waals surface area (Å²) in [4.78, 5) is 35.6. The Bertz CT molecular complexity index is 818. The van der Waals surface area contributed by atoms with Crippen LogP contribution in [0.5, 0.6) is 0 Å². The molecule has 2 aromatic carbocycles. The lowest BCUT2D eigenvalue weighted by Gasteiger charge is -2.28. The molecule has 0 fully saturated rings. The van der Waals surface area contributed by atoms with E-state index in [0.717, 1.165) is 14.2 Å². The van der Waals surface area contributed by atoms with E-state index in [-0.39, 0.29) is 17.7 Å². The van der Waals surface area contributed by atoms with Gasteiger partial charge < -0.3 is 9.47 Å². The minimum Gasteiger partial charge on any atom is -0.468 e. The lowest BCUT2D eigenvalue weighted by Crippen LogP contribution is -2.47. The predicted molar refractivity (Wildman–Crippen MR) is 94.0 cm³/mol. The molecule has 0 spiro atoms. The number of non-ortho nitro benzene ring substituents is 1. The van der Waals surface area contributed by atoms with Crippen LogP contribution in [-0.4, -0.2) is 31.1 Å². The number of carbonyl (C=O) groups excluding carboxylic acids is 2. The molecule has 0 aliphatic rings. The summed E-state index contributed by atoms with van der Waals surface area (Å²) in [6.45, 7) is 0. The summed E-state index contributed by atoms with van der Waals surface area (Å²) in [5.41, 5.74) is -1.16. The Balaban J connectivity index is 2.64. The van der Waals surface area contributed by atoms with E-state index >= 15 is 0 Å². The largest absolute Gasteiger partial charge is 0.468 e. The fraction of sp³-hybridized carbons (Fsp3) is 0.222. The van der Waals surface area contributed by atoms with Crippen molar-refractivity contribution in [2.45, 2.75) is 11.8 Å². The first-order chi connectivity index (χ1) is 12.3. The molecule has 0 heterocycles. The van der Waals surface area contributed by atoms with Gasteiger partial charge in [0.15, 0.2) is 5.41 Å². The fourth-order valence-corrected chi connectivity index (χ4v) is 2.95. The number of nitrogens with zero attached hydrogens (tertiary/aromatic N) is 1. The van der Waals surface area contributed by atoms with Gasteiger partial charge in [0, 0.05) is 23.6 Å². The quantitative estimate of drug-likeness (QED) is 0.332. The zero-order valence-corrected chi connectivity index (χ0v) is 14.9. The molecule has 136 valence electrons. The monoisotopic (exact) mass is 377 g/mol. The van der Waals surface area contributed by atoms with Gasteiger partial charge in [0.05, 0.1) is 19.1 Å². The minimum atomic E-state index is -1.82. The number of hydrogen-bond acceptors (Lipinski definition) is 6. The van der Waals surface area contributed by atoms with Crippen molar-refractivity contribution in [2.75, 3.05) is 14.2 Å². The Kier molecular flexibility index (Phi) is 5.94. The summed E-state index contributed by atoms with van der Waals surface area (Å²) in [6, 6.07) is 11.8. The second-order valence-electron chi connectivity index (χ2n) is 5.50. The normalized spacial score (nSPS) is 10.9. The third-order valence-electron chi connectivity index (χ3n) is 4.00. The lowest BCUT2D eigenvalue weighted by atomic mass is 9.75. The molecule has 0 amide bonds. The highest BCUT2D eigenvalue weighted by atomic mass is 35.5. The second-order valence-corrected chi connectivity index (χ2v) is 5.94. The fourth-order valence-electron chi connectivity index (χ4n) is 2.73. The standard InChI is InChI=1S/C18H16ClNO6/c1-25-16(21)18(17(22)26-2,11-12-4-3-5-14(19)10-12)13-6-8-15(9-7-13)20(23)24/h3-10H,11H2,1-2H3. The average molecular weight is 378 g/mol. The third kappa shape index (κ3) is 3.67. The maximum atomic E-state index is 12.7. The van der Waals surface area contributed by atoms with Crippen molar-refractivity contribution in [3.05, 3.63) is 74.8 Å². The van der Waals surface area contributed by atoms with Crippen LogP contribution in [0.1, 0.15) is 11.1 Å². The highest BCUT2D eigenvalue weighted by Gasteiger charge is 2.50. The minimum absolute atomic E-state index is 0.0787. The summed E-state index contributed by atoms with van der Waals surface area (Å²) in [5.74, 6) is -1.67. The molecule has 0 aliphatic heterocycles. The van der Waals surface area contributed by atoms with Crippen LogP contribution in [-0.2, 0) is 30.9 Å². The van der Waals surface area contributed by atoms with E-state index in [9.17, 15) is 19.7 Å². The van der Waals surface area contributed by atoms with Gasteiger partial charge in [-0.15, -0.1) is 0 Å². The van der Waals surface area contributed by atoms with Gasteiger partial charge >= 0.3 is 11.9 Å².